The number of aromatic nitrogens is 1. The highest BCUT2D eigenvalue weighted by atomic mass is 16.5. The molecular weight excluding hydrogens is 244 g/mol. The highest BCUT2D eigenvalue weighted by Crippen LogP contribution is 2.28. The van der Waals surface area contributed by atoms with E-state index >= 15 is 0 Å². The number of hydrogen-bond acceptors (Lipinski definition) is 5. The number of ether oxygens (including phenoxy) is 1. The van der Waals surface area contributed by atoms with Gasteiger partial charge in [0.25, 0.3) is 5.91 Å². The zero-order chi connectivity index (χ0) is 13.2. The maximum Gasteiger partial charge on any atom is 0.266 e. The molecule has 0 aliphatic carbocycles. The number of fused-ring (bicyclic) bond motifs is 1. The number of nitrogens with zero attached hydrogens (tertiary/aromatic N) is 2. The highest BCUT2D eigenvalue weighted by Gasteiger charge is 2.32. The van der Waals surface area contributed by atoms with Gasteiger partial charge in [-0.1, -0.05) is 0 Å². The SMILES string of the molecule is CN1CCNCC1CC1Oc2cccnc2NC1=O. The molecule has 2 aliphatic heterocycles. The lowest BCUT2D eigenvalue weighted by Crippen LogP contribution is -2.52. The van der Waals surface area contributed by atoms with E-state index in [-0.39, 0.29) is 5.91 Å². The lowest BCUT2D eigenvalue weighted by atomic mass is 10.0. The quantitative estimate of drug-likeness (QED) is 0.790. The molecular formula is C13H18N4O2. The summed E-state index contributed by atoms with van der Waals surface area (Å²) in [5.74, 6) is 1.06. The molecule has 19 heavy (non-hydrogen) atoms. The van der Waals surface area contributed by atoms with Crippen LogP contribution in [0.4, 0.5) is 5.82 Å². The Hall–Kier alpha value is -1.66. The normalized spacial score (nSPS) is 27.3. The first-order chi connectivity index (χ1) is 9.24. The summed E-state index contributed by atoms with van der Waals surface area (Å²) in [6.45, 7) is 2.89. The summed E-state index contributed by atoms with van der Waals surface area (Å²) in [6.07, 6.45) is 1.88. The van der Waals surface area contributed by atoms with Gasteiger partial charge in [0.1, 0.15) is 0 Å². The number of amides is 1. The Bertz CT molecular complexity index is 479. The van der Waals surface area contributed by atoms with Crippen molar-refractivity contribution in [1.82, 2.24) is 15.2 Å². The Balaban J connectivity index is 1.70. The fourth-order valence-electron chi connectivity index (χ4n) is 2.51. The average molecular weight is 262 g/mol. The number of pyridine rings is 1. The fraction of sp³-hybridized carbons (Fsp3) is 0.538. The molecule has 2 aliphatic rings. The minimum Gasteiger partial charge on any atom is -0.477 e. The van der Waals surface area contributed by atoms with E-state index in [1.54, 1.807) is 6.20 Å². The number of carbonyl (C=O) groups is 1. The van der Waals surface area contributed by atoms with Crippen molar-refractivity contribution >= 4 is 11.7 Å². The Morgan fingerprint density at radius 2 is 2.47 bits per heavy atom. The van der Waals surface area contributed by atoms with Gasteiger partial charge in [-0.05, 0) is 19.2 Å². The van der Waals surface area contributed by atoms with Crippen LogP contribution in [0.5, 0.6) is 5.75 Å². The molecule has 1 aromatic heterocycles. The number of hydrogen-bond donors (Lipinski definition) is 2. The van der Waals surface area contributed by atoms with Gasteiger partial charge < -0.3 is 20.3 Å². The zero-order valence-electron chi connectivity index (χ0n) is 10.9. The van der Waals surface area contributed by atoms with Gasteiger partial charge >= 0.3 is 0 Å². The summed E-state index contributed by atoms with van der Waals surface area (Å²) >= 11 is 0. The summed E-state index contributed by atoms with van der Waals surface area (Å²) in [5.41, 5.74) is 0. The second kappa shape index (κ2) is 5.14. The smallest absolute Gasteiger partial charge is 0.266 e. The zero-order valence-corrected chi connectivity index (χ0v) is 10.9. The third-order valence-corrected chi connectivity index (χ3v) is 3.70. The highest BCUT2D eigenvalue weighted by molar-refractivity contribution is 5.96. The van der Waals surface area contributed by atoms with Crippen LogP contribution in [0.2, 0.25) is 0 Å². The molecule has 0 bridgehead atoms. The van der Waals surface area contributed by atoms with Crippen LogP contribution < -0.4 is 15.4 Å². The molecule has 2 atom stereocenters. The molecule has 0 saturated carbocycles. The summed E-state index contributed by atoms with van der Waals surface area (Å²) in [7, 11) is 2.09. The Kier molecular flexibility index (Phi) is 3.35. The second-order valence-electron chi connectivity index (χ2n) is 5.02. The van der Waals surface area contributed by atoms with Crippen molar-refractivity contribution in [3.8, 4) is 5.75 Å². The predicted octanol–water partition coefficient (Wildman–Crippen LogP) is 0.0748. The lowest BCUT2D eigenvalue weighted by Gasteiger charge is -2.36. The standard InChI is InChI=1S/C13H18N4O2/c1-17-6-5-14-8-9(17)7-11-13(18)16-12-10(19-11)3-2-4-15-12/h2-4,9,11,14H,5-8H2,1H3,(H,15,16,18). The van der Waals surface area contributed by atoms with Crippen LogP contribution in [-0.4, -0.2) is 54.6 Å². The minimum atomic E-state index is -0.441. The van der Waals surface area contributed by atoms with Crippen molar-refractivity contribution in [3.05, 3.63) is 18.3 Å². The molecule has 1 fully saturated rings. The number of anilines is 1. The fourth-order valence-corrected chi connectivity index (χ4v) is 2.51. The van der Waals surface area contributed by atoms with E-state index in [0.29, 0.717) is 24.0 Å². The molecule has 0 aromatic carbocycles. The summed E-state index contributed by atoms with van der Waals surface area (Å²) in [6, 6.07) is 3.96. The third kappa shape index (κ3) is 2.54. The van der Waals surface area contributed by atoms with Gasteiger partial charge in [-0.15, -0.1) is 0 Å². The predicted molar refractivity (Wildman–Crippen MR) is 71.2 cm³/mol. The Labute approximate surface area is 112 Å². The van der Waals surface area contributed by atoms with Crippen LogP contribution in [0.1, 0.15) is 6.42 Å². The van der Waals surface area contributed by atoms with Crippen molar-refractivity contribution in [2.75, 3.05) is 32.0 Å². The molecule has 1 amide bonds. The molecule has 3 rings (SSSR count). The number of piperazine rings is 1. The number of nitrogens with one attached hydrogen (secondary N) is 2. The first kappa shape index (κ1) is 12.4. The van der Waals surface area contributed by atoms with E-state index in [0.717, 1.165) is 19.6 Å². The van der Waals surface area contributed by atoms with Crippen LogP contribution in [0, 0.1) is 0 Å². The van der Waals surface area contributed by atoms with Crippen molar-refractivity contribution in [2.24, 2.45) is 0 Å². The summed E-state index contributed by atoms with van der Waals surface area (Å²) < 4.78 is 5.77. The molecule has 6 nitrogen and oxygen atoms in total. The van der Waals surface area contributed by atoms with E-state index < -0.39 is 6.10 Å². The van der Waals surface area contributed by atoms with E-state index in [9.17, 15) is 4.79 Å². The van der Waals surface area contributed by atoms with Gasteiger partial charge in [-0.2, -0.15) is 0 Å². The molecule has 2 unspecified atom stereocenters. The van der Waals surface area contributed by atoms with Crippen LogP contribution in [-0.2, 0) is 4.79 Å². The van der Waals surface area contributed by atoms with E-state index in [1.165, 1.54) is 0 Å². The van der Waals surface area contributed by atoms with Crippen molar-refractivity contribution in [1.29, 1.82) is 0 Å². The van der Waals surface area contributed by atoms with Gasteiger partial charge in [0, 0.05) is 38.3 Å². The lowest BCUT2D eigenvalue weighted by molar-refractivity contribution is -0.124. The minimum absolute atomic E-state index is 0.106. The molecule has 2 N–H and O–H groups in total. The molecule has 3 heterocycles. The first-order valence-electron chi connectivity index (χ1n) is 6.57. The molecule has 102 valence electrons. The van der Waals surface area contributed by atoms with Crippen molar-refractivity contribution < 1.29 is 9.53 Å². The van der Waals surface area contributed by atoms with Crippen LogP contribution in [0.3, 0.4) is 0 Å². The van der Waals surface area contributed by atoms with Gasteiger partial charge in [0.15, 0.2) is 17.7 Å². The number of likely N-dealkylation sites (N-methyl/N-ethyl adjacent to an activating group) is 1. The number of rotatable bonds is 2. The monoisotopic (exact) mass is 262 g/mol. The molecule has 1 saturated heterocycles. The Morgan fingerprint density at radius 3 is 3.32 bits per heavy atom. The van der Waals surface area contributed by atoms with Crippen LogP contribution >= 0.6 is 0 Å². The van der Waals surface area contributed by atoms with Crippen LogP contribution in [0.15, 0.2) is 18.3 Å². The summed E-state index contributed by atoms with van der Waals surface area (Å²) in [5, 5.41) is 6.15. The Morgan fingerprint density at radius 1 is 1.58 bits per heavy atom. The topological polar surface area (TPSA) is 66.5 Å². The molecule has 6 heteroatoms. The summed E-state index contributed by atoms with van der Waals surface area (Å²) in [4.78, 5) is 18.4. The van der Waals surface area contributed by atoms with Crippen molar-refractivity contribution in [3.63, 3.8) is 0 Å². The van der Waals surface area contributed by atoms with Gasteiger partial charge in [0.05, 0.1) is 0 Å². The van der Waals surface area contributed by atoms with Crippen molar-refractivity contribution in [2.45, 2.75) is 18.6 Å². The molecule has 0 spiro atoms. The second-order valence-corrected chi connectivity index (χ2v) is 5.02. The van der Waals surface area contributed by atoms with Gasteiger partial charge in [-0.25, -0.2) is 4.98 Å². The van der Waals surface area contributed by atoms with Gasteiger partial charge in [0.2, 0.25) is 0 Å². The number of carbonyl (C=O) groups excluding carboxylic acids is 1. The van der Waals surface area contributed by atoms with Gasteiger partial charge in [-0.3, -0.25) is 4.79 Å². The molecule has 0 radical (unpaired) electrons. The van der Waals surface area contributed by atoms with Crippen LogP contribution in [0.25, 0.3) is 0 Å². The maximum absolute atomic E-state index is 12.0. The van der Waals surface area contributed by atoms with E-state index in [1.807, 2.05) is 12.1 Å². The first-order valence-corrected chi connectivity index (χ1v) is 6.57. The molecule has 1 aromatic rings. The van der Waals surface area contributed by atoms with E-state index in [2.05, 4.69) is 27.6 Å². The average Bonchev–Trinajstić information content (AvgIpc) is 2.42. The largest absolute Gasteiger partial charge is 0.477 e. The third-order valence-electron chi connectivity index (χ3n) is 3.70. The maximum atomic E-state index is 12.0. The van der Waals surface area contributed by atoms with E-state index in [4.69, 9.17) is 4.74 Å².